The van der Waals surface area contributed by atoms with Crippen LogP contribution in [0, 0.1) is 5.92 Å². The third-order valence-electron chi connectivity index (χ3n) is 5.62. The summed E-state index contributed by atoms with van der Waals surface area (Å²) >= 11 is 0. The first-order valence-electron chi connectivity index (χ1n) is 8.49. The van der Waals surface area contributed by atoms with Crippen molar-refractivity contribution in [2.24, 2.45) is 5.92 Å². The molecule has 110 valence electrons. The van der Waals surface area contributed by atoms with Gasteiger partial charge in [-0.25, -0.2) is 0 Å². The first-order valence-corrected chi connectivity index (χ1v) is 8.49. The summed E-state index contributed by atoms with van der Waals surface area (Å²) in [5.74, 6) is 0.956. The molecule has 0 amide bonds. The van der Waals surface area contributed by atoms with Gasteiger partial charge in [-0.3, -0.25) is 0 Å². The highest BCUT2D eigenvalue weighted by Crippen LogP contribution is 2.29. The molecule has 0 saturated carbocycles. The van der Waals surface area contributed by atoms with E-state index in [1.807, 2.05) is 0 Å². The van der Waals surface area contributed by atoms with Crippen LogP contribution in [-0.4, -0.2) is 61.7 Å². The molecular weight excluding hydrogens is 234 g/mol. The quantitative estimate of drug-likeness (QED) is 0.838. The van der Waals surface area contributed by atoms with Crippen molar-refractivity contribution < 1.29 is 0 Å². The fourth-order valence-electron chi connectivity index (χ4n) is 4.50. The lowest BCUT2D eigenvalue weighted by Gasteiger charge is -2.46. The molecule has 3 heterocycles. The Kier molecular flexibility index (Phi) is 4.78. The molecule has 3 saturated heterocycles. The van der Waals surface area contributed by atoms with E-state index in [0.29, 0.717) is 0 Å². The Bertz CT molecular complexity index is 275. The summed E-state index contributed by atoms with van der Waals surface area (Å²) in [6.07, 6.45) is 9.88. The lowest BCUT2D eigenvalue weighted by atomic mass is 9.84. The van der Waals surface area contributed by atoms with Crippen molar-refractivity contribution in [2.75, 3.05) is 39.8 Å². The van der Waals surface area contributed by atoms with E-state index >= 15 is 0 Å². The SMILES string of the molecule is CN1CCCC2CN(CCCC3CCCN3)CCC21. The molecule has 0 bridgehead atoms. The van der Waals surface area contributed by atoms with Gasteiger partial charge in [-0.05, 0) is 84.1 Å². The Morgan fingerprint density at radius 3 is 2.89 bits per heavy atom. The maximum atomic E-state index is 3.62. The van der Waals surface area contributed by atoms with Crippen LogP contribution in [0.2, 0.25) is 0 Å². The van der Waals surface area contributed by atoms with Gasteiger partial charge in [0.15, 0.2) is 0 Å². The Labute approximate surface area is 118 Å². The van der Waals surface area contributed by atoms with Crippen LogP contribution >= 0.6 is 0 Å². The van der Waals surface area contributed by atoms with Gasteiger partial charge in [-0.15, -0.1) is 0 Å². The number of nitrogens with one attached hydrogen (secondary N) is 1. The number of likely N-dealkylation sites (tertiary alicyclic amines) is 2. The molecule has 3 nitrogen and oxygen atoms in total. The third kappa shape index (κ3) is 3.50. The molecule has 0 aromatic rings. The van der Waals surface area contributed by atoms with Crippen LogP contribution in [0.1, 0.15) is 44.9 Å². The van der Waals surface area contributed by atoms with Crippen LogP contribution < -0.4 is 5.32 Å². The largest absolute Gasteiger partial charge is 0.314 e. The second-order valence-corrected chi connectivity index (χ2v) is 6.98. The predicted molar refractivity (Wildman–Crippen MR) is 80.5 cm³/mol. The van der Waals surface area contributed by atoms with Crippen LogP contribution in [0.5, 0.6) is 0 Å². The Morgan fingerprint density at radius 1 is 1.11 bits per heavy atom. The average molecular weight is 265 g/mol. The zero-order valence-corrected chi connectivity index (χ0v) is 12.6. The van der Waals surface area contributed by atoms with Crippen molar-refractivity contribution in [3.8, 4) is 0 Å². The van der Waals surface area contributed by atoms with Gasteiger partial charge in [0.1, 0.15) is 0 Å². The van der Waals surface area contributed by atoms with Crippen molar-refractivity contribution in [1.29, 1.82) is 0 Å². The van der Waals surface area contributed by atoms with Crippen LogP contribution in [-0.2, 0) is 0 Å². The van der Waals surface area contributed by atoms with Crippen molar-refractivity contribution in [3.63, 3.8) is 0 Å². The summed E-state index contributed by atoms with van der Waals surface area (Å²) in [6.45, 7) is 6.63. The molecule has 1 N–H and O–H groups in total. The molecule has 0 aromatic carbocycles. The summed E-state index contributed by atoms with van der Waals surface area (Å²) in [5.41, 5.74) is 0. The van der Waals surface area contributed by atoms with E-state index in [0.717, 1.165) is 18.0 Å². The fraction of sp³-hybridized carbons (Fsp3) is 1.00. The van der Waals surface area contributed by atoms with Crippen molar-refractivity contribution in [1.82, 2.24) is 15.1 Å². The third-order valence-corrected chi connectivity index (χ3v) is 5.62. The molecule has 3 fully saturated rings. The van der Waals surface area contributed by atoms with Gasteiger partial charge in [-0.2, -0.15) is 0 Å². The van der Waals surface area contributed by atoms with E-state index < -0.39 is 0 Å². The van der Waals surface area contributed by atoms with Gasteiger partial charge in [0.05, 0.1) is 0 Å². The lowest BCUT2D eigenvalue weighted by Crippen LogP contribution is -2.52. The van der Waals surface area contributed by atoms with Gasteiger partial charge in [0.25, 0.3) is 0 Å². The predicted octanol–water partition coefficient (Wildman–Crippen LogP) is 1.93. The number of hydrogen-bond donors (Lipinski definition) is 1. The van der Waals surface area contributed by atoms with Crippen LogP contribution in [0.25, 0.3) is 0 Å². The topological polar surface area (TPSA) is 18.5 Å². The molecule has 3 rings (SSSR count). The summed E-state index contributed by atoms with van der Waals surface area (Å²) in [7, 11) is 2.33. The van der Waals surface area contributed by atoms with E-state index in [1.54, 1.807) is 0 Å². The van der Waals surface area contributed by atoms with Crippen molar-refractivity contribution in [2.45, 2.75) is 57.0 Å². The first-order chi connectivity index (χ1) is 9.33. The maximum Gasteiger partial charge on any atom is 0.0145 e. The van der Waals surface area contributed by atoms with Crippen molar-refractivity contribution >= 4 is 0 Å². The van der Waals surface area contributed by atoms with Crippen LogP contribution in [0.4, 0.5) is 0 Å². The summed E-state index contributed by atoms with van der Waals surface area (Å²) in [5, 5.41) is 3.62. The standard InChI is InChI=1S/C16H31N3/c1-18-10-3-5-14-13-19(12-8-16(14)18)11-4-7-15-6-2-9-17-15/h14-17H,2-13H2,1H3. The Hall–Kier alpha value is -0.120. The highest BCUT2D eigenvalue weighted by atomic mass is 15.2. The minimum Gasteiger partial charge on any atom is -0.314 e. The smallest absolute Gasteiger partial charge is 0.0145 e. The van der Waals surface area contributed by atoms with Crippen LogP contribution in [0.3, 0.4) is 0 Å². The molecule has 3 aliphatic rings. The Morgan fingerprint density at radius 2 is 2.05 bits per heavy atom. The van der Waals surface area contributed by atoms with E-state index in [-0.39, 0.29) is 0 Å². The fourth-order valence-corrected chi connectivity index (χ4v) is 4.50. The molecule has 0 spiro atoms. The molecule has 0 aliphatic carbocycles. The van der Waals surface area contributed by atoms with Gasteiger partial charge < -0.3 is 15.1 Å². The van der Waals surface area contributed by atoms with E-state index in [2.05, 4.69) is 22.2 Å². The summed E-state index contributed by atoms with van der Waals surface area (Å²) in [4.78, 5) is 5.36. The number of rotatable bonds is 4. The van der Waals surface area contributed by atoms with E-state index in [9.17, 15) is 0 Å². The summed E-state index contributed by atoms with van der Waals surface area (Å²) < 4.78 is 0. The monoisotopic (exact) mass is 265 g/mol. The number of piperidine rings is 2. The zero-order valence-electron chi connectivity index (χ0n) is 12.6. The highest BCUT2D eigenvalue weighted by Gasteiger charge is 2.33. The highest BCUT2D eigenvalue weighted by molar-refractivity contribution is 4.89. The molecule has 3 unspecified atom stereocenters. The number of fused-ring (bicyclic) bond motifs is 1. The van der Waals surface area contributed by atoms with E-state index in [1.165, 1.54) is 77.7 Å². The Balaban J connectivity index is 1.38. The van der Waals surface area contributed by atoms with Gasteiger partial charge >= 0.3 is 0 Å². The minimum absolute atomic E-state index is 0.832. The lowest BCUT2D eigenvalue weighted by molar-refractivity contribution is 0.0378. The molecule has 3 atom stereocenters. The van der Waals surface area contributed by atoms with E-state index in [4.69, 9.17) is 0 Å². The average Bonchev–Trinajstić information content (AvgIpc) is 2.92. The number of hydrogen-bond acceptors (Lipinski definition) is 3. The van der Waals surface area contributed by atoms with Crippen molar-refractivity contribution in [3.05, 3.63) is 0 Å². The second-order valence-electron chi connectivity index (χ2n) is 6.98. The second kappa shape index (κ2) is 6.55. The van der Waals surface area contributed by atoms with Gasteiger partial charge in [0, 0.05) is 18.6 Å². The zero-order chi connectivity index (χ0) is 13.1. The van der Waals surface area contributed by atoms with Crippen LogP contribution in [0.15, 0.2) is 0 Å². The molecule has 19 heavy (non-hydrogen) atoms. The molecule has 0 radical (unpaired) electrons. The minimum atomic E-state index is 0.832. The normalized spacial score (nSPS) is 37.4. The maximum absolute atomic E-state index is 3.62. The van der Waals surface area contributed by atoms with Gasteiger partial charge in [-0.1, -0.05) is 0 Å². The molecule has 3 heteroatoms. The molecule has 0 aromatic heterocycles. The first kappa shape index (κ1) is 13.8. The summed E-state index contributed by atoms with van der Waals surface area (Å²) in [6, 6.07) is 1.72. The molecule has 3 aliphatic heterocycles. The molecular formula is C16H31N3. The number of nitrogens with zero attached hydrogens (tertiary/aromatic N) is 2. The van der Waals surface area contributed by atoms with Gasteiger partial charge in [0.2, 0.25) is 0 Å².